The summed E-state index contributed by atoms with van der Waals surface area (Å²) in [6, 6.07) is 0. The molecule has 2 rings (SSSR count). The molecular formula is C7H10N2S. The van der Waals surface area contributed by atoms with Crippen molar-refractivity contribution in [3.63, 3.8) is 0 Å². The molecule has 10 heavy (non-hydrogen) atoms. The van der Waals surface area contributed by atoms with Gasteiger partial charge in [-0.1, -0.05) is 10.9 Å². The molecule has 0 spiro atoms. The van der Waals surface area contributed by atoms with Gasteiger partial charge in [-0.3, -0.25) is 0 Å². The Morgan fingerprint density at radius 2 is 2.00 bits per heavy atom. The van der Waals surface area contributed by atoms with E-state index in [0.717, 1.165) is 6.42 Å². The van der Waals surface area contributed by atoms with Crippen molar-refractivity contribution >= 4 is 11.5 Å². The van der Waals surface area contributed by atoms with Crippen LogP contribution in [0.25, 0.3) is 0 Å². The number of hydrogen-bond acceptors (Lipinski definition) is 3. The second kappa shape index (κ2) is 2.66. The molecule has 0 aliphatic heterocycles. The zero-order chi connectivity index (χ0) is 6.81. The highest BCUT2D eigenvalue weighted by molar-refractivity contribution is 7.05. The van der Waals surface area contributed by atoms with Crippen LogP contribution < -0.4 is 0 Å². The van der Waals surface area contributed by atoms with Gasteiger partial charge in [-0.2, -0.15) is 0 Å². The summed E-state index contributed by atoms with van der Waals surface area (Å²) in [5.41, 5.74) is 1.27. The maximum Gasteiger partial charge on any atom is 0.0787 e. The predicted octanol–water partition coefficient (Wildman–Crippen LogP) is 1.81. The summed E-state index contributed by atoms with van der Waals surface area (Å²) in [5, 5.41) is 4.09. The van der Waals surface area contributed by atoms with Crippen molar-refractivity contribution in [1.29, 1.82) is 0 Å². The molecule has 1 aromatic rings. The van der Waals surface area contributed by atoms with Gasteiger partial charge in [-0.05, 0) is 37.2 Å². The minimum Gasteiger partial charge on any atom is -0.143 e. The van der Waals surface area contributed by atoms with Crippen LogP contribution in [-0.4, -0.2) is 9.59 Å². The number of fused-ring (bicyclic) bond motifs is 1. The van der Waals surface area contributed by atoms with Crippen LogP contribution >= 0.6 is 11.5 Å². The summed E-state index contributed by atoms with van der Waals surface area (Å²) < 4.78 is 3.94. The number of aryl methyl sites for hydroxylation is 2. The summed E-state index contributed by atoms with van der Waals surface area (Å²) >= 11 is 1.58. The Morgan fingerprint density at radius 3 is 3.00 bits per heavy atom. The molecule has 0 atom stereocenters. The fraction of sp³-hybridized carbons (Fsp3) is 0.714. The zero-order valence-corrected chi connectivity index (χ0v) is 6.65. The smallest absolute Gasteiger partial charge is 0.0787 e. The molecule has 1 heterocycles. The van der Waals surface area contributed by atoms with E-state index in [4.69, 9.17) is 0 Å². The Hall–Kier alpha value is -0.440. The molecule has 0 unspecified atom stereocenters. The van der Waals surface area contributed by atoms with E-state index >= 15 is 0 Å². The van der Waals surface area contributed by atoms with E-state index < -0.39 is 0 Å². The minimum absolute atomic E-state index is 1.16. The van der Waals surface area contributed by atoms with Gasteiger partial charge in [0.15, 0.2) is 0 Å². The van der Waals surface area contributed by atoms with E-state index in [9.17, 15) is 0 Å². The molecule has 0 aromatic carbocycles. The first-order valence-corrected chi connectivity index (χ1v) is 4.54. The van der Waals surface area contributed by atoms with Gasteiger partial charge in [0, 0.05) is 4.88 Å². The van der Waals surface area contributed by atoms with E-state index in [-0.39, 0.29) is 0 Å². The lowest BCUT2D eigenvalue weighted by Gasteiger charge is -1.88. The van der Waals surface area contributed by atoms with Crippen LogP contribution in [0.1, 0.15) is 29.8 Å². The molecule has 1 aromatic heterocycles. The van der Waals surface area contributed by atoms with E-state index in [1.807, 2.05) is 0 Å². The highest BCUT2D eigenvalue weighted by atomic mass is 32.1. The summed E-state index contributed by atoms with van der Waals surface area (Å²) in [4.78, 5) is 1.43. The first-order valence-electron chi connectivity index (χ1n) is 3.77. The van der Waals surface area contributed by atoms with Crippen molar-refractivity contribution in [2.75, 3.05) is 0 Å². The van der Waals surface area contributed by atoms with Gasteiger partial charge in [0.1, 0.15) is 0 Å². The molecule has 0 N–H and O–H groups in total. The Morgan fingerprint density at radius 1 is 1.10 bits per heavy atom. The first kappa shape index (κ1) is 6.28. The standard InChI is InChI=1S/C7H10N2S/c1-2-4-6-7(5-3-1)10-9-8-6/h1-5H2. The van der Waals surface area contributed by atoms with Gasteiger partial charge in [0.2, 0.25) is 0 Å². The lowest BCUT2D eigenvalue weighted by Crippen LogP contribution is -1.85. The topological polar surface area (TPSA) is 25.8 Å². The average Bonchev–Trinajstić information content (AvgIpc) is 2.28. The first-order chi connectivity index (χ1) is 4.97. The molecule has 1 aliphatic rings. The van der Waals surface area contributed by atoms with Crippen LogP contribution in [-0.2, 0) is 12.8 Å². The number of nitrogens with zero attached hydrogens (tertiary/aromatic N) is 2. The number of aromatic nitrogens is 2. The second-order valence-corrected chi connectivity index (χ2v) is 3.54. The molecule has 1 aliphatic carbocycles. The normalized spacial score (nSPS) is 18.0. The largest absolute Gasteiger partial charge is 0.143 e. The highest BCUT2D eigenvalue weighted by Crippen LogP contribution is 2.20. The second-order valence-electron chi connectivity index (χ2n) is 2.70. The minimum atomic E-state index is 1.16. The average molecular weight is 154 g/mol. The molecular weight excluding hydrogens is 144 g/mol. The van der Waals surface area contributed by atoms with Gasteiger partial charge in [0.05, 0.1) is 5.69 Å². The quantitative estimate of drug-likeness (QED) is 0.532. The fourth-order valence-corrected chi connectivity index (χ4v) is 2.08. The molecule has 2 nitrogen and oxygen atoms in total. The molecule has 3 heteroatoms. The third kappa shape index (κ3) is 1.06. The molecule has 0 fully saturated rings. The van der Waals surface area contributed by atoms with Crippen LogP contribution in [0.15, 0.2) is 0 Å². The van der Waals surface area contributed by atoms with Crippen molar-refractivity contribution in [2.45, 2.75) is 32.1 Å². The van der Waals surface area contributed by atoms with Crippen molar-refractivity contribution in [1.82, 2.24) is 9.59 Å². The van der Waals surface area contributed by atoms with Crippen molar-refractivity contribution < 1.29 is 0 Å². The summed E-state index contributed by atoms with van der Waals surface area (Å²) in [6.45, 7) is 0. The van der Waals surface area contributed by atoms with E-state index in [0.29, 0.717) is 0 Å². The monoisotopic (exact) mass is 154 g/mol. The Balaban J connectivity index is 2.28. The van der Waals surface area contributed by atoms with Gasteiger partial charge >= 0.3 is 0 Å². The lowest BCUT2D eigenvalue weighted by atomic mass is 10.2. The predicted molar refractivity (Wildman–Crippen MR) is 41.2 cm³/mol. The van der Waals surface area contributed by atoms with Crippen LogP contribution in [0.3, 0.4) is 0 Å². The number of rotatable bonds is 0. The third-order valence-electron chi connectivity index (χ3n) is 1.95. The zero-order valence-electron chi connectivity index (χ0n) is 5.84. The lowest BCUT2D eigenvalue weighted by molar-refractivity contribution is 0.706. The summed E-state index contributed by atoms with van der Waals surface area (Å²) in [5.74, 6) is 0. The van der Waals surface area contributed by atoms with Crippen LogP contribution in [0.5, 0.6) is 0 Å². The molecule has 0 bridgehead atoms. The van der Waals surface area contributed by atoms with Gasteiger partial charge < -0.3 is 0 Å². The summed E-state index contributed by atoms with van der Waals surface area (Å²) in [6.07, 6.45) is 6.37. The van der Waals surface area contributed by atoms with Gasteiger partial charge in [-0.25, -0.2) is 0 Å². The van der Waals surface area contributed by atoms with Crippen LogP contribution in [0.2, 0.25) is 0 Å². The maximum absolute atomic E-state index is 4.09. The Labute approximate surface area is 64.4 Å². The van der Waals surface area contributed by atoms with Crippen molar-refractivity contribution in [2.24, 2.45) is 0 Å². The fourth-order valence-electron chi connectivity index (χ4n) is 1.36. The maximum atomic E-state index is 4.09. The summed E-state index contributed by atoms with van der Waals surface area (Å²) in [7, 11) is 0. The van der Waals surface area contributed by atoms with Crippen LogP contribution in [0.4, 0.5) is 0 Å². The molecule has 0 saturated carbocycles. The van der Waals surface area contributed by atoms with E-state index in [1.165, 1.54) is 36.3 Å². The van der Waals surface area contributed by atoms with Crippen molar-refractivity contribution in [3.8, 4) is 0 Å². The SMILES string of the molecule is C1CCc2nnsc2CC1. The Bertz CT molecular complexity index is 199. The molecule has 54 valence electrons. The molecule has 0 amide bonds. The van der Waals surface area contributed by atoms with Crippen LogP contribution in [0, 0.1) is 0 Å². The molecule has 0 radical (unpaired) electrons. The number of hydrogen-bond donors (Lipinski definition) is 0. The van der Waals surface area contributed by atoms with Gasteiger partial charge in [-0.15, -0.1) is 5.10 Å². The molecule has 0 saturated heterocycles. The van der Waals surface area contributed by atoms with E-state index in [1.54, 1.807) is 11.5 Å². The van der Waals surface area contributed by atoms with E-state index in [2.05, 4.69) is 9.59 Å². The highest BCUT2D eigenvalue weighted by Gasteiger charge is 2.10. The van der Waals surface area contributed by atoms with Gasteiger partial charge in [0.25, 0.3) is 0 Å². The third-order valence-corrected chi connectivity index (χ3v) is 2.78. The van der Waals surface area contributed by atoms with Crippen molar-refractivity contribution in [3.05, 3.63) is 10.6 Å². The Kier molecular flexibility index (Phi) is 1.67.